The molecule has 0 spiro atoms. The lowest BCUT2D eigenvalue weighted by Crippen LogP contribution is -2.38. The van der Waals surface area contributed by atoms with Gasteiger partial charge in [-0.15, -0.1) is 0 Å². The molecule has 3 heteroatoms. The second-order valence-electron chi connectivity index (χ2n) is 6.45. The summed E-state index contributed by atoms with van der Waals surface area (Å²) in [6, 6.07) is 9.16. The number of hydrogen-bond donors (Lipinski definition) is 1. The number of aryl methyl sites for hydroxylation is 1. The number of fused-ring (bicyclic) bond motifs is 1. The summed E-state index contributed by atoms with van der Waals surface area (Å²) in [5, 5.41) is 9.65. The van der Waals surface area contributed by atoms with E-state index < -0.39 is 0 Å². The summed E-state index contributed by atoms with van der Waals surface area (Å²) < 4.78 is 2.02. The van der Waals surface area contributed by atoms with Crippen molar-refractivity contribution in [1.29, 1.82) is 0 Å². The first-order valence-corrected chi connectivity index (χ1v) is 7.79. The van der Waals surface area contributed by atoms with Crippen LogP contribution in [0.15, 0.2) is 24.3 Å². The molecule has 1 aliphatic carbocycles. The molecule has 2 atom stereocenters. The zero-order chi connectivity index (χ0) is 14.1. The first-order chi connectivity index (χ1) is 9.65. The van der Waals surface area contributed by atoms with E-state index in [2.05, 4.69) is 43.4 Å². The van der Waals surface area contributed by atoms with Gasteiger partial charge in [-0.1, -0.05) is 32.0 Å². The molecule has 1 heterocycles. The molecule has 1 saturated carbocycles. The molecule has 1 N–H and O–H groups in total. The number of aromatic nitrogens is 2. The van der Waals surface area contributed by atoms with Crippen LogP contribution in [0.25, 0.3) is 10.9 Å². The lowest BCUT2D eigenvalue weighted by molar-refractivity contribution is 0.167. The van der Waals surface area contributed by atoms with Crippen molar-refractivity contribution in [1.82, 2.24) is 15.1 Å². The van der Waals surface area contributed by atoms with E-state index in [-0.39, 0.29) is 0 Å². The highest BCUT2D eigenvalue weighted by molar-refractivity contribution is 5.81. The number of rotatable bonds is 5. The minimum Gasteiger partial charge on any atom is -0.314 e. The molecule has 2 aromatic rings. The Morgan fingerprint density at radius 3 is 2.70 bits per heavy atom. The molecule has 1 aliphatic rings. The minimum atomic E-state index is 0.590. The maximum atomic E-state index is 4.74. The van der Waals surface area contributed by atoms with Crippen molar-refractivity contribution in [2.24, 2.45) is 18.9 Å². The van der Waals surface area contributed by atoms with Crippen LogP contribution in [-0.2, 0) is 13.5 Å². The normalized spacial score (nSPS) is 22.4. The van der Waals surface area contributed by atoms with Gasteiger partial charge in [0.2, 0.25) is 0 Å². The zero-order valence-electron chi connectivity index (χ0n) is 12.8. The summed E-state index contributed by atoms with van der Waals surface area (Å²) in [7, 11) is 2.05. The number of benzene rings is 1. The maximum absolute atomic E-state index is 4.74. The third-order valence-electron chi connectivity index (χ3n) is 4.65. The molecule has 0 aliphatic heterocycles. The fourth-order valence-corrected chi connectivity index (χ4v) is 3.25. The third kappa shape index (κ3) is 2.59. The van der Waals surface area contributed by atoms with Gasteiger partial charge in [-0.3, -0.25) is 4.68 Å². The first-order valence-electron chi connectivity index (χ1n) is 7.79. The van der Waals surface area contributed by atoms with Crippen LogP contribution in [0, 0.1) is 11.8 Å². The maximum Gasteiger partial charge on any atom is 0.0706 e. The molecule has 2 unspecified atom stereocenters. The highest BCUT2D eigenvalue weighted by Gasteiger charge is 2.31. The predicted molar refractivity (Wildman–Crippen MR) is 83.8 cm³/mol. The molecule has 0 saturated heterocycles. The van der Waals surface area contributed by atoms with Crippen molar-refractivity contribution in [2.45, 2.75) is 39.2 Å². The molecule has 1 fully saturated rings. The molecular formula is C17H25N3. The van der Waals surface area contributed by atoms with Gasteiger partial charge in [0.1, 0.15) is 0 Å². The Hall–Kier alpha value is -1.35. The van der Waals surface area contributed by atoms with Crippen LogP contribution in [-0.4, -0.2) is 22.4 Å². The largest absolute Gasteiger partial charge is 0.314 e. The van der Waals surface area contributed by atoms with E-state index in [1.54, 1.807) is 0 Å². The Kier molecular flexibility index (Phi) is 3.79. The van der Waals surface area contributed by atoms with Crippen molar-refractivity contribution >= 4 is 10.9 Å². The Labute approximate surface area is 121 Å². The van der Waals surface area contributed by atoms with Crippen molar-refractivity contribution in [3.8, 4) is 0 Å². The standard InChI is InChI=1S/C17H25N3/c1-12(2)18-11-14-9-8-13(14)10-16-15-6-4-5-7-17(15)20(3)19-16/h4-7,12-14,18H,8-11H2,1-3H3. The molecule has 0 radical (unpaired) electrons. The monoisotopic (exact) mass is 271 g/mol. The van der Waals surface area contributed by atoms with Gasteiger partial charge in [-0.05, 0) is 43.7 Å². The Morgan fingerprint density at radius 2 is 2.00 bits per heavy atom. The molecule has 0 amide bonds. The smallest absolute Gasteiger partial charge is 0.0706 e. The van der Waals surface area contributed by atoms with E-state index in [0.29, 0.717) is 6.04 Å². The van der Waals surface area contributed by atoms with Crippen LogP contribution < -0.4 is 5.32 Å². The Balaban J connectivity index is 1.70. The van der Waals surface area contributed by atoms with Crippen molar-refractivity contribution in [2.75, 3.05) is 6.54 Å². The van der Waals surface area contributed by atoms with Crippen molar-refractivity contribution < 1.29 is 0 Å². The van der Waals surface area contributed by atoms with Crippen LogP contribution >= 0.6 is 0 Å². The number of nitrogens with one attached hydrogen (secondary N) is 1. The quantitative estimate of drug-likeness (QED) is 0.905. The van der Waals surface area contributed by atoms with Gasteiger partial charge >= 0.3 is 0 Å². The molecular weight excluding hydrogens is 246 g/mol. The number of para-hydroxylation sites is 1. The average molecular weight is 271 g/mol. The van der Waals surface area contributed by atoms with E-state index in [1.807, 2.05) is 11.7 Å². The lowest BCUT2D eigenvalue weighted by atomic mass is 9.71. The first kappa shape index (κ1) is 13.6. The number of nitrogens with zero attached hydrogens (tertiary/aromatic N) is 2. The highest BCUT2D eigenvalue weighted by Crippen LogP contribution is 2.37. The van der Waals surface area contributed by atoms with E-state index >= 15 is 0 Å². The average Bonchev–Trinajstić information content (AvgIpc) is 2.72. The minimum absolute atomic E-state index is 0.590. The van der Waals surface area contributed by atoms with Gasteiger partial charge in [-0.2, -0.15) is 5.10 Å². The van der Waals surface area contributed by atoms with Crippen LogP contribution in [0.5, 0.6) is 0 Å². The van der Waals surface area contributed by atoms with E-state index in [0.717, 1.165) is 24.8 Å². The van der Waals surface area contributed by atoms with Crippen LogP contribution in [0.4, 0.5) is 0 Å². The van der Waals surface area contributed by atoms with Crippen molar-refractivity contribution in [3.63, 3.8) is 0 Å². The van der Waals surface area contributed by atoms with Crippen LogP contribution in [0.1, 0.15) is 32.4 Å². The second kappa shape index (κ2) is 5.57. The molecule has 1 aromatic heterocycles. The van der Waals surface area contributed by atoms with Gasteiger partial charge < -0.3 is 5.32 Å². The molecule has 108 valence electrons. The molecule has 1 aromatic carbocycles. The van der Waals surface area contributed by atoms with Crippen molar-refractivity contribution in [3.05, 3.63) is 30.0 Å². The van der Waals surface area contributed by atoms with E-state index in [1.165, 1.54) is 29.4 Å². The summed E-state index contributed by atoms with van der Waals surface area (Å²) in [5.41, 5.74) is 2.53. The Morgan fingerprint density at radius 1 is 1.25 bits per heavy atom. The summed E-state index contributed by atoms with van der Waals surface area (Å²) in [4.78, 5) is 0. The third-order valence-corrected chi connectivity index (χ3v) is 4.65. The second-order valence-corrected chi connectivity index (χ2v) is 6.45. The SMILES string of the molecule is CC(C)NCC1CCC1Cc1nn(C)c2ccccc12. The molecule has 3 rings (SSSR count). The zero-order valence-corrected chi connectivity index (χ0v) is 12.8. The van der Waals surface area contributed by atoms with Gasteiger partial charge in [0.05, 0.1) is 11.2 Å². The molecule has 0 bridgehead atoms. The van der Waals surface area contributed by atoms with E-state index in [9.17, 15) is 0 Å². The van der Waals surface area contributed by atoms with Gasteiger partial charge in [0.15, 0.2) is 0 Å². The van der Waals surface area contributed by atoms with Crippen LogP contribution in [0.3, 0.4) is 0 Å². The van der Waals surface area contributed by atoms with Crippen LogP contribution in [0.2, 0.25) is 0 Å². The fourth-order valence-electron chi connectivity index (χ4n) is 3.25. The van der Waals surface area contributed by atoms with E-state index in [4.69, 9.17) is 5.10 Å². The molecule has 3 nitrogen and oxygen atoms in total. The summed E-state index contributed by atoms with van der Waals surface area (Å²) in [5.74, 6) is 1.64. The van der Waals surface area contributed by atoms with Gasteiger partial charge in [-0.25, -0.2) is 0 Å². The lowest BCUT2D eigenvalue weighted by Gasteiger charge is -2.37. The Bertz CT molecular complexity index is 585. The summed E-state index contributed by atoms with van der Waals surface area (Å²) in [6.07, 6.45) is 3.86. The topological polar surface area (TPSA) is 29.9 Å². The molecule has 20 heavy (non-hydrogen) atoms. The van der Waals surface area contributed by atoms with Gasteiger partial charge in [0, 0.05) is 18.5 Å². The number of hydrogen-bond acceptors (Lipinski definition) is 2. The fraction of sp³-hybridized carbons (Fsp3) is 0.588. The van der Waals surface area contributed by atoms with Gasteiger partial charge in [0.25, 0.3) is 0 Å². The summed E-state index contributed by atoms with van der Waals surface area (Å²) in [6.45, 7) is 5.60. The predicted octanol–water partition coefficient (Wildman–Crippen LogP) is 3.14. The summed E-state index contributed by atoms with van der Waals surface area (Å²) >= 11 is 0. The highest BCUT2D eigenvalue weighted by atomic mass is 15.3.